The predicted molar refractivity (Wildman–Crippen MR) is 52.3 cm³/mol. The summed E-state index contributed by atoms with van der Waals surface area (Å²) < 4.78 is 2.03. The van der Waals surface area contributed by atoms with Gasteiger partial charge in [0.15, 0.2) is 0 Å². The zero-order valence-corrected chi connectivity index (χ0v) is 8.41. The zero-order valence-electron chi connectivity index (χ0n) is 8.41. The Morgan fingerprint density at radius 1 is 1.62 bits per heavy atom. The summed E-state index contributed by atoms with van der Waals surface area (Å²) in [5.74, 6) is 0. The molecule has 0 amide bonds. The molecule has 0 aliphatic carbocycles. The van der Waals surface area contributed by atoms with Gasteiger partial charge in [-0.3, -0.25) is 0 Å². The lowest BCUT2D eigenvalue weighted by Crippen LogP contribution is -1.97. The fraction of sp³-hybridized carbons (Fsp3) is 0.500. The van der Waals surface area contributed by atoms with Crippen molar-refractivity contribution >= 4 is 0 Å². The standard InChI is InChI=1S/C10H16N2O/c1-8(2)4-5-12-7-11-10(6-13)9(12)3/h4,7,13H,5-6H2,1-3H3. The third kappa shape index (κ3) is 2.42. The molecule has 0 bridgehead atoms. The Labute approximate surface area is 78.7 Å². The van der Waals surface area contributed by atoms with Crippen LogP contribution in [0.15, 0.2) is 18.0 Å². The van der Waals surface area contributed by atoms with Crippen molar-refractivity contribution in [3.05, 3.63) is 29.4 Å². The molecule has 0 saturated heterocycles. The molecule has 0 aromatic carbocycles. The van der Waals surface area contributed by atoms with E-state index >= 15 is 0 Å². The minimum Gasteiger partial charge on any atom is -0.390 e. The van der Waals surface area contributed by atoms with E-state index in [4.69, 9.17) is 5.11 Å². The highest BCUT2D eigenvalue weighted by Crippen LogP contribution is 2.06. The van der Waals surface area contributed by atoms with E-state index < -0.39 is 0 Å². The lowest BCUT2D eigenvalue weighted by molar-refractivity contribution is 0.276. The number of hydrogen-bond acceptors (Lipinski definition) is 2. The highest BCUT2D eigenvalue weighted by molar-refractivity contribution is 5.11. The van der Waals surface area contributed by atoms with Crippen LogP contribution in [0.5, 0.6) is 0 Å². The largest absolute Gasteiger partial charge is 0.390 e. The first-order valence-corrected chi connectivity index (χ1v) is 4.40. The van der Waals surface area contributed by atoms with Crippen molar-refractivity contribution in [2.24, 2.45) is 0 Å². The third-order valence-corrected chi connectivity index (χ3v) is 2.05. The molecule has 1 heterocycles. The molecular formula is C10H16N2O. The van der Waals surface area contributed by atoms with E-state index in [-0.39, 0.29) is 6.61 Å². The summed E-state index contributed by atoms with van der Waals surface area (Å²) >= 11 is 0. The van der Waals surface area contributed by atoms with E-state index in [0.29, 0.717) is 0 Å². The molecule has 72 valence electrons. The smallest absolute Gasteiger partial charge is 0.0955 e. The van der Waals surface area contributed by atoms with Gasteiger partial charge in [-0.05, 0) is 20.8 Å². The molecule has 0 spiro atoms. The van der Waals surface area contributed by atoms with Crippen LogP contribution >= 0.6 is 0 Å². The quantitative estimate of drug-likeness (QED) is 0.718. The molecule has 0 saturated carbocycles. The number of hydrogen-bond donors (Lipinski definition) is 1. The topological polar surface area (TPSA) is 38.0 Å². The van der Waals surface area contributed by atoms with Crippen molar-refractivity contribution in [3.63, 3.8) is 0 Å². The molecule has 1 aromatic heterocycles. The predicted octanol–water partition coefficient (Wildman–Crippen LogP) is 1.65. The van der Waals surface area contributed by atoms with Crippen LogP contribution in [0.25, 0.3) is 0 Å². The molecule has 1 N–H and O–H groups in total. The molecule has 0 unspecified atom stereocenters. The average Bonchev–Trinajstić information content (AvgIpc) is 2.43. The Morgan fingerprint density at radius 2 is 2.31 bits per heavy atom. The molecule has 1 aromatic rings. The van der Waals surface area contributed by atoms with E-state index in [1.54, 1.807) is 6.33 Å². The van der Waals surface area contributed by atoms with Crippen LogP contribution in [0.1, 0.15) is 25.2 Å². The van der Waals surface area contributed by atoms with E-state index in [1.807, 2.05) is 11.5 Å². The molecule has 0 aliphatic rings. The molecule has 13 heavy (non-hydrogen) atoms. The second kappa shape index (κ2) is 4.23. The Hall–Kier alpha value is -1.09. The number of aliphatic hydroxyl groups is 1. The molecular weight excluding hydrogens is 164 g/mol. The highest BCUT2D eigenvalue weighted by atomic mass is 16.3. The van der Waals surface area contributed by atoms with Crippen LogP contribution in [0, 0.1) is 6.92 Å². The first-order chi connectivity index (χ1) is 6.15. The fourth-order valence-electron chi connectivity index (χ4n) is 1.11. The first kappa shape index (κ1) is 9.99. The molecule has 0 aliphatic heterocycles. The first-order valence-electron chi connectivity index (χ1n) is 4.40. The summed E-state index contributed by atoms with van der Waals surface area (Å²) in [7, 11) is 0. The van der Waals surface area contributed by atoms with E-state index in [1.165, 1.54) is 5.57 Å². The molecule has 0 radical (unpaired) electrons. The normalized spacial score (nSPS) is 10.2. The van der Waals surface area contributed by atoms with Gasteiger partial charge in [-0.1, -0.05) is 11.6 Å². The summed E-state index contributed by atoms with van der Waals surface area (Å²) in [5.41, 5.74) is 3.10. The molecule has 0 atom stereocenters. The summed E-state index contributed by atoms with van der Waals surface area (Å²) in [6.45, 7) is 6.96. The van der Waals surface area contributed by atoms with Crippen molar-refractivity contribution in [1.29, 1.82) is 0 Å². The van der Waals surface area contributed by atoms with E-state index in [0.717, 1.165) is 17.9 Å². The second-order valence-electron chi connectivity index (χ2n) is 3.37. The van der Waals surface area contributed by atoms with Gasteiger partial charge in [0.05, 0.1) is 18.6 Å². The van der Waals surface area contributed by atoms with Crippen molar-refractivity contribution < 1.29 is 5.11 Å². The lowest BCUT2D eigenvalue weighted by atomic mass is 10.3. The third-order valence-electron chi connectivity index (χ3n) is 2.05. The maximum atomic E-state index is 8.92. The minimum absolute atomic E-state index is 0.0215. The Kier molecular flexibility index (Phi) is 3.25. The van der Waals surface area contributed by atoms with Crippen molar-refractivity contribution in [2.45, 2.75) is 33.9 Å². The van der Waals surface area contributed by atoms with Crippen molar-refractivity contribution in [1.82, 2.24) is 9.55 Å². The Morgan fingerprint density at radius 3 is 2.77 bits per heavy atom. The van der Waals surface area contributed by atoms with Crippen LogP contribution in [-0.2, 0) is 13.2 Å². The fourth-order valence-corrected chi connectivity index (χ4v) is 1.11. The van der Waals surface area contributed by atoms with Crippen molar-refractivity contribution in [2.75, 3.05) is 0 Å². The van der Waals surface area contributed by atoms with Crippen molar-refractivity contribution in [3.8, 4) is 0 Å². The van der Waals surface area contributed by atoms with Gasteiger partial charge in [-0.2, -0.15) is 0 Å². The van der Waals surface area contributed by atoms with Crippen LogP contribution < -0.4 is 0 Å². The second-order valence-corrected chi connectivity index (χ2v) is 3.37. The Balaban J connectivity index is 2.78. The average molecular weight is 180 g/mol. The summed E-state index contributed by atoms with van der Waals surface area (Å²) in [6.07, 6.45) is 3.90. The monoisotopic (exact) mass is 180 g/mol. The van der Waals surface area contributed by atoms with Crippen LogP contribution in [0.4, 0.5) is 0 Å². The van der Waals surface area contributed by atoms with Gasteiger partial charge in [0.25, 0.3) is 0 Å². The number of nitrogens with zero attached hydrogens (tertiary/aromatic N) is 2. The SMILES string of the molecule is CC(C)=CCn1cnc(CO)c1C. The highest BCUT2D eigenvalue weighted by Gasteiger charge is 2.02. The van der Waals surface area contributed by atoms with Crippen LogP contribution in [0.3, 0.4) is 0 Å². The maximum Gasteiger partial charge on any atom is 0.0955 e. The van der Waals surface area contributed by atoms with Gasteiger partial charge in [0.2, 0.25) is 0 Å². The summed E-state index contributed by atoms with van der Waals surface area (Å²) in [6, 6.07) is 0. The minimum atomic E-state index is 0.0215. The van der Waals surface area contributed by atoms with Crippen LogP contribution in [0.2, 0.25) is 0 Å². The molecule has 0 fully saturated rings. The number of rotatable bonds is 3. The van der Waals surface area contributed by atoms with Gasteiger partial charge in [-0.15, -0.1) is 0 Å². The number of imidazole rings is 1. The van der Waals surface area contributed by atoms with Gasteiger partial charge >= 0.3 is 0 Å². The molecule has 3 nitrogen and oxygen atoms in total. The number of aliphatic hydroxyl groups excluding tert-OH is 1. The van der Waals surface area contributed by atoms with Gasteiger partial charge < -0.3 is 9.67 Å². The van der Waals surface area contributed by atoms with Crippen LogP contribution in [-0.4, -0.2) is 14.7 Å². The van der Waals surface area contributed by atoms with E-state index in [2.05, 4.69) is 24.9 Å². The van der Waals surface area contributed by atoms with Gasteiger partial charge in [0, 0.05) is 12.2 Å². The number of aromatic nitrogens is 2. The number of allylic oxidation sites excluding steroid dienone is 2. The Bertz CT molecular complexity index is 309. The lowest BCUT2D eigenvalue weighted by Gasteiger charge is -2.01. The zero-order chi connectivity index (χ0) is 9.84. The van der Waals surface area contributed by atoms with Gasteiger partial charge in [0.1, 0.15) is 0 Å². The van der Waals surface area contributed by atoms with Gasteiger partial charge in [-0.25, -0.2) is 4.98 Å². The summed E-state index contributed by atoms with van der Waals surface area (Å²) in [4.78, 5) is 4.10. The maximum absolute atomic E-state index is 8.92. The molecule has 1 rings (SSSR count). The summed E-state index contributed by atoms with van der Waals surface area (Å²) in [5, 5.41) is 8.92. The van der Waals surface area contributed by atoms with E-state index in [9.17, 15) is 0 Å². The molecule has 3 heteroatoms.